The van der Waals surface area contributed by atoms with Crippen LogP contribution in [0.5, 0.6) is 0 Å². The average molecular weight is 362 g/mol. The Bertz CT molecular complexity index is 907. The van der Waals surface area contributed by atoms with Crippen molar-refractivity contribution >= 4 is 16.9 Å². The van der Waals surface area contributed by atoms with E-state index in [1.807, 2.05) is 59.4 Å². The number of imidazole rings is 1. The predicted molar refractivity (Wildman–Crippen MR) is 108 cm³/mol. The van der Waals surface area contributed by atoms with Crippen LogP contribution in [0.25, 0.3) is 16.7 Å². The first-order valence-corrected chi connectivity index (χ1v) is 9.80. The van der Waals surface area contributed by atoms with Crippen molar-refractivity contribution in [3.63, 3.8) is 0 Å². The van der Waals surface area contributed by atoms with Crippen LogP contribution in [0.1, 0.15) is 36.5 Å². The Morgan fingerprint density at radius 1 is 1.11 bits per heavy atom. The number of amides is 1. The summed E-state index contributed by atoms with van der Waals surface area (Å²) in [5.41, 5.74) is 3.74. The Balaban J connectivity index is 1.41. The highest BCUT2D eigenvalue weighted by Crippen LogP contribution is 2.18. The van der Waals surface area contributed by atoms with Crippen LogP contribution in [0.15, 0.2) is 54.9 Å². The van der Waals surface area contributed by atoms with Gasteiger partial charge in [0.15, 0.2) is 0 Å². The first-order valence-electron chi connectivity index (χ1n) is 9.80. The largest absolute Gasteiger partial charge is 0.349 e. The van der Waals surface area contributed by atoms with Gasteiger partial charge in [0.25, 0.3) is 5.91 Å². The van der Waals surface area contributed by atoms with Crippen LogP contribution in [-0.2, 0) is 0 Å². The smallest absolute Gasteiger partial charge is 0.251 e. The Morgan fingerprint density at radius 2 is 1.85 bits per heavy atom. The van der Waals surface area contributed by atoms with Crippen LogP contribution < -0.4 is 5.32 Å². The average Bonchev–Trinajstić information content (AvgIpc) is 3.14. The zero-order valence-corrected chi connectivity index (χ0v) is 15.8. The minimum Gasteiger partial charge on any atom is -0.349 e. The van der Waals surface area contributed by atoms with Gasteiger partial charge in [-0.3, -0.25) is 9.36 Å². The van der Waals surface area contributed by atoms with Crippen LogP contribution in [0.3, 0.4) is 0 Å². The molecule has 0 bridgehead atoms. The highest BCUT2D eigenvalue weighted by molar-refractivity contribution is 5.94. The molecule has 140 valence electrons. The van der Waals surface area contributed by atoms with Crippen LogP contribution in [-0.4, -0.2) is 46.0 Å². The fraction of sp³-hybridized carbons (Fsp3) is 0.364. The molecule has 2 heterocycles. The van der Waals surface area contributed by atoms with Crippen molar-refractivity contribution in [3.8, 4) is 5.69 Å². The van der Waals surface area contributed by atoms with Crippen molar-refractivity contribution in [2.45, 2.75) is 32.2 Å². The third kappa shape index (κ3) is 3.88. The summed E-state index contributed by atoms with van der Waals surface area (Å²) in [5, 5.41) is 3.20. The lowest BCUT2D eigenvalue weighted by atomic mass is 10.0. The van der Waals surface area contributed by atoms with Gasteiger partial charge in [0.2, 0.25) is 0 Å². The third-order valence-electron chi connectivity index (χ3n) is 5.32. The summed E-state index contributed by atoms with van der Waals surface area (Å²) in [4.78, 5) is 19.5. The van der Waals surface area contributed by atoms with Crippen LogP contribution in [0, 0.1) is 0 Å². The van der Waals surface area contributed by atoms with Gasteiger partial charge >= 0.3 is 0 Å². The van der Waals surface area contributed by atoms with E-state index >= 15 is 0 Å². The lowest BCUT2D eigenvalue weighted by Gasteiger charge is -2.32. The number of carbonyl (C=O) groups excluding carboxylic acids is 1. The second-order valence-corrected chi connectivity index (χ2v) is 7.24. The van der Waals surface area contributed by atoms with Crippen molar-refractivity contribution in [2.75, 3.05) is 19.6 Å². The van der Waals surface area contributed by atoms with Gasteiger partial charge in [0.1, 0.15) is 6.33 Å². The maximum absolute atomic E-state index is 12.6. The van der Waals surface area contributed by atoms with Crippen molar-refractivity contribution in [2.24, 2.45) is 0 Å². The van der Waals surface area contributed by atoms with Gasteiger partial charge in [-0.05, 0) is 62.2 Å². The van der Waals surface area contributed by atoms with Gasteiger partial charge in [0, 0.05) is 30.4 Å². The second kappa shape index (κ2) is 7.92. The number of para-hydroxylation sites is 2. The maximum Gasteiger partial charge on any atom is 0.251 e. The van der Waals surface area contributed by atoms with Crippen LogP contribution in [0.2, 0.25) is 0 Å². The molecule has 1 fully saturated rings. The Hall–Kier alpha value is -2.66. The number of hydrogen-bond donors (Lipinski definition) is 1. The number of aromatic nitrogens is 2. The highest BCUT2D eigenvalue weighted by atomic mass is 16.1. The summed E-state index contributed by atoms with van der Waals surface area (Å²) < 4.78 is 2.04. The van der Waals surface area contributed by atoms with E-state index in [0.717, 1.165) is 49.2 Å². The molecule has 1 aromatic heterocycles. The standard InChI is InChI=1S/C22H26N4O/c1-2-13-25-14-11-18(12-15-25)24-22(27)17-7-9-19(10-8-17)26-16-23-20-5-3-4-6-21(20)26/h3-10,16,18H,2,11-15H2,1H3,(H,24,27). The molecule has 5 nitrogen and oxygen atoms in total. The van der Waals surface area contributed by atoms with E-state index in [0.29, 0.717) is 5.56 Å². The van der Waals surface area contributed by atoms with E-state index in [1.165, 1.54) is 6.42 Å². The molecule has 5 heteroatoms. The van der Waals surface area contributed by atoms with Crippen LogP contribution in [0.4, 0.5) is 0 Å². The van der Waals surface area contributed by atoms with Crippen molar-refractivity contribution in [3.05, 3.63) is 60.4 Å². The van der Waals surface area contributed by atoms with Crippen molar-refractivity contribution in [1.82, 2.24) is 19.8 Å². The molecule has 1 aliphatic heterocycles. The summed E-state index contributed by atoms with van der Waals surface area (Å²) in [6.45, 7) is 5.52. The quantitative estimate of drug-likeness (QED) is 0.754. The molecule has 2 aromatic carbocycles. The van der Waals surface area contributed by atoms with Gasteiger partial charge in [-0.25, -0.2) is 4.98 Å². The normalized spacial score (nSPS) is 15.9. The molecule has 1 aliphatic rings. The van der Waals surface area contributed by atoms with Crippen LogP contribution >= 0.6 is 0 Å². The van der Waals surface area contributed by atoms with Gasteiger partial charge in [-0.2, -0.15) is 0 Å². The second-order valence-electron chi connectivity index (χ2n) is 7.24. The van der Waals surface area contributed by atoms with E-state index in [9.17, 15) is 4.79 Å². The van der Waals surface area contributed by atoms with Crippen molar-refractivity contribution < 1.29 is 4.79 Å². The number of nitrogens with zero attached hydrogens (tertiary/aromatic N) is 3. The Labute approximate surface area is 160 Å². The topological polar surface area (TPSA) is 50.2 Å². The molecular formula is C22H26N4O. The van der Waals surface area contributed by atoms with E-state index in [4.69, 9.17) is 0 Å². The summed E-state index contributed by atoms with van der Waals surface area (Å²) >= 11 is 0. The molecule has 27 heavy (non-hydrogen) atoms. The fourth-order valence-corrected chi connectivity index (χ4v) is 3.82. The molecule has 0 spiro atoms. The number of likely N-dealkylation sites (tertiary alicyclic amines) is 1. The number of nitrogens with one attached hydrogen (secondary N) is 1. The highest BCUT2D eigenvalue weighted by Gasteiger charge is 2.20. The first-order chi connectivity index (χ1) is 13.2. The summed E-state index contributed by atoms with van der Waals surface area (Å²) in [6.07, 6.45) is 5.08. The van der Waals surface area contributed by atoms with E-state index in [-0.39, 0.29) is 11.9 Å². The Kier molecular flexibility index (Phi) is 5.21. The minimum absolute atomic E-state index is 0.0194. The lowest BCUT2D eigenvalue weighted by Crippen LogP contribution is -2.44. The zero-order valence-electron chi connectivity index (χ0n) is 15.8. The third-order valence-corrected chi connectivity index (χ3v) is 5.32. The number of fused-ring (bicyclic) bond motifs is 1. The molecular weight excluding hydrogens is 336 g/mol. The summed E-state index contributed by atoms with van der Waals surface area (Å²) in [7, 11) is 0. The number of hydrogen-bond acceptors (Lipinski definition) is 3. The molecule has 1 saturated heterocycles. The number of piperidine rings is 1. The molecule has 0 unspecified atom stereocenters. The van der Waals surface area contributed by atoms with Gasteiger partial charge in [0.05, 0.1) is 11.0 Å². The molecule has 4 rings (SSSR count). The SMILES string of the molecule is CCCN1CCC(NC(=O)c2ccc(-n3cnc4ccccc43)cc2)CC1. The summed E-state index contributed by atoms with van der Waals surface area (Å²) in [6, 6.07) is 16.1. The molecule has 3 aromatic rings. The minimum atomic E-state index is 0.0194. The first kappa shape index (κ1) is 17.7. The molecule has 0 atom stereocenters. The van der Waals surface area contributed by atoms with Gasteiger partial charge in [-0.15, -0.1) is 0 Å². The lowest BCUT2D eigenvalue weighted by molar-refractivity contribution is 0.0911. The number of carbonyl (C=O) groups is 1. The predicted octanol–water partition coefficient (Wildman–Crippen LogP) is 3.63. The molecule has 1 amide bonds. The van der Waals surface area contributed by atoms with Gasteiger partial charge < -0.3 is 10.2 Å². The zero-order chi connectivity index (χ0) is 18.6. The number of benzene rings is 2. The van der Waals surface area contributed by atoms with Gasteiger partial charge in [-0.1, -0.05) is 19.1 Å². The maximum atomic E-state index is 12.6. The van der Waals surface area contributed by atoms with E-state index < -0.39 is 0 Å². The van der Waals surface area contributed by atoms with E-state index in [1.54, 1.807) is 0 Å². The Morgan fingerprint density at radius 3 is 2.59 bits per heavy atom. The molecule has 0 aliphatic carbocycles. The monoisotopic (exact) mass is 362 g/mol. The number of rotatable bonds is 5. The molecule has 1 N–H and O–H groups in total. The molecule has 0 radical (unpaired) electrons. The van der Waals surface area contributed by atoms with E-state index in [2.05, 4.69) is 22.1 Å². The molecule has 0 saturated carbocycles. The summed E-state index contributed by atoms with van der Waals surface area (Å²) in [5.74, 6) is 0.0194. The van der Waals surface area contributed by atoms with Crippen molar-refractivity contribution in [1.29, 1.82) is 0 Å². The fourth-order valence-electron chi connectivity index (χ4n) is 3.82.